The van der Waals surface area contributed by atoms with E-state index < -0.39 is 0 Å². The molecule has 2 fully saturated rings. The van der Waals surface area contributed by atoms with Crippen LogP contribution >= 0.6 is 0 Å². The van der Waals surface area contributed by atoms with Gasteiger partial charge in [0.1, 0.15) is 5.82 Å². The highest BCUT2D eigenvalue weighted by Crippen LogP contribution is 2.44. The topological polar surface area (TPSA) is 51.0 Å². The van der Waals surface area contributed by atoms with Crippen molar-refractivity contribution in [3.05, 3.63) is 46.9 Å². The smallest absolute Gasteiger partial charge is 0.234 e. The number of nitrogens with zero attached hydrogens (tertiary/aromatic N) is 2. The molecule has 0 amide bonds. The number of aromatic nitrogens is 2. The number of hydrogen-bond acceptors (Lipinski definition) is 4. The molecule has 0 spiro atoms. The summed E-state index contributed by atoms with van der Waals surface area (Å²) in [4.78, 5) is 4.65. The molecule has 0 bridgehead atoms. The van der Waals surface area contributed by atoms with E-state index in [0.29, 0.717) is 23.9 Å². The first-order valence-electron chi connectivity index (χ1n) is 8.49. The maximum atomic E-state index is 13.9. The highest BCUT2D eigenvalue weighted by molar-refractivity contribution is 5.27. The maximum Gasteiger partial charge on any atom is 0.234 e. The van der Waals surface area contributed by atoms with Crippen LogP contribution in [-0.2, 0) is 11.8 Å². The summed E-state index contributed by atoms with van der Waals surface area (Å²) < 4.78 is 19.6. The lowest BCUT2D eigenvalue weighted by atomic mass is 9.70. The number of aryl methyl sites for hydroxylation is 1. The molecule has 5 heteroatoms. The third-order valence-corrected chi connectivity index (χ3v) is 5.44. The van der Waals surface area contributed by atoms with Crippen molar-refractivity contribution in [2.75, 3.05) is 6.54 Å². The van der Waals surface area contributed by atoms with Gasteiger partial charge in [0.15, 0.2) is 5.82 Å². The van der Waals surface area contributed by atoms with E-state index in [4.69, 9.17) is 4.52 Å². The molecule has 1 aromatic heterocycles. The fourth-order valence-electron chi connectivity index (χ4n) is 4.21. The third kappa shape index (κ3) is 2.57. The first-order valence-corrected chi connectivity index (χ1v) is 8.49. The Morgan fingerprint density at radius 2 is 2.26 bits per heavy atom. The summed E-state index contributed by atoms with van der Waals surface area (Å²) in [5.74, 6) is 1.11. The van der Waals surface area contributed by atoms with Crippen molar-refractivity contribution < 1.29 is 8.91 Å². The zero-order chi connectivity index (χ0) is 15.9. The van der Waals surface area contributed by atoms with Crippen LogP contribution < -0.4 is 5.32 Å². The van der Waals surface area contributed by atoms with Crippen molar-refractivity contribution in [2.24, 2.45) is 0 Å². The lowest BCUT2D eigenvalue weighted by molar-refractivity contribution is 0.199. The molecule has 1 saturated carbocycles. The van der Waals surface area contributed by atoms with Gasteiger partial charge in [-0.1, -0.05) is 35.7 Å². The molecule has 23 heavy (non-hydrogen) atoms. The fraction of sp³-hybridized carbons (Fsp3) is 0.556. The molecular formula is C18H22FN3O. The second kappa shape index (κ2) is 5.71. The Balaban J connectivity index is 1.60. The largest absolute Gasteiger partial charge is 0.339 e. The Bertz CT molecular complexity index is 714. The Labute approximate surface area is 135 Å². The predicted octanol–water partition coefficient (Wildman–Crippen LogP) is 3.28. The van der Waals surface area contributed by atoms with E-state index in [9.17, 15) is 4.39 Å². The van der Waals surface area contributed by atoms with E-state index in [0.717, 1.165) is 30.8 Å². The molecule has 4 rings (SSSR count). The number of benzene rings is 1. The average molecular weight is 315 g/mol. The average Bonchev–Trinajstić information content (AvgIpc) is 3.18. The quantitative estimate of drug-likeness (QED) is 0.944. The monoisotopic (exact) mass is 315 g/mol. The van der Waals surface area contributed by atoms with Crippen LogP contribution in [0, 0.1) is 12.7 Å². The van der Waals surface area contributed by atoms with Crippen LogP contribution in [0.3, 0.4) is 0 Å². The summed E-state index contributed by atoms with van der Waals surface area (Å²) in [5, 5.41) is 7.72. The molecule has 1 aromatic carbocycles. The highest BCUT2D eigenvalue weighted by atomic mass is 19.1. The van der Waals surface area contributed by atoms with E-state index >= 15 is 0 Å². The highest BCUT2D eigenvalue weighted by Gasteiger charge is 2.49. The second-order valence-electron chi connectivity index (χ2n) is 6.95. The molecule has 0 unspecified atom stereocenters. The van der Waals surface area contributed by atoms with Crippen LogP contribution in [0.4, 0.5) is 4.39 Å². The minimum absolute atomic E-state index is 0.00531. The van der Waals surface area contributed by atoms with Gasteiger partial charge in [-0.15, -0.1) is 0 Å². The molecule has 2 atom stereocenters. The molecule has 2 aromatic rings. The van der Waals surface area contributed by atoms with Crippen molar-refractivity contribution in [3.63, 3.8) is 0 Å². The first kappa shape index (κ1) is 14.8. The minimum Gasteiger partial charge on any atom is -0.339 e. The molecule has 2 aliphatic rings. The molecule has 1 N–H and O–H groups in total. The van der Waals surface area contributed by atoms with Crippen LogP contribution in [-0.4, -0.2) is 22.7 Å². The van der Waals surface area contributed by atoms with Gasteiger partial charge in [0.05, 0.1) is 5.41 Å². The standard InChI is InChI=1S/C18H22FN3O/c1-12-5-6-14(19)13(10-12)11-16-21-17(23-22-16)18-7-3-2-4-15(18)20-9-8-18/h5-6,10,15,20H,2-4,7-9,11H2,1H3/t15-,18+/m0/s1. The van der Waals surface area contributed by atoms with E-state index in [-0.39, 0.29) is 11.2 Å². The van der Waals surface area contributed by atoms with Gasteiger partial charge >= 0.3 is 0 Å². The third-order valence-electron chi connectivity index (χ3n) is 5.44. The fourth-order valence-corrected chi connectivity index (χ4v) is 4.21. The zero-order valence-electron chi connectivity index (χ0n) is 13.4. The van der Waals surface area contributed by atoms with Crippen molar-refractivity contribution in [1.29, 1.82) is 0 Å². The van der Waals surface area contributed by atoms with E-state index in [1.807, 2.05) is 13.0 Å². The van der Waals surface area contributed by atoms with Crippen LogP contribution in [0.25, 0.3) is 0 Å². The number of hydrogen-bond donors (Lipinski definition) is 1. The van der Waals surface area contributed by atoms with Crippen molar-refractivity contribution >= 4 is 0 Å². The van der Waals surface area contributed by atoms with Gasteiger partial charge in [-0.2, -0.15) is 4.98 Å². The summed E-state index contributed by atoms with van der Waals surface area (Å²) in [6, 6.07) is 5.57. The van der Waals surface area contributed by atoms with E-state index in [1.165, 1.54) is 25.3 Å². The number of fused-ring (bicyclic) bond motifs is 1. The van der Waals surface area contributed by atoms with Crippen molar-refractivity contribution in [2.45, 2.75) is 56.9 Å². The van der Waals surface area contributed by atoms with Crippen LogP contribution in [0.5, 0.6) is 0 Å². The van der Waals surface area contributed by atoms with Gasteiger partial charge in [-0.3, -0.25) is 0 Å². The van der Waals surface area contributed by atoms with Gasteiger partial charge in [0.25, 0.3) is 0 Å². The summed E-state index contributed by atoms with van der Waals surface area (Å²) in [7, 11) is 0. The van der Waals surface area contributed by atoms with Gasteiger partial charge < -0.3 is 9.84 Å². The van der Waals surface area contributed by atoms with Crippen molar-refractivity contribution in [1.82, 2.24) is 15.5 Å². The number of nitrogens with one attached hydrogen (secondary N) is 1. The number of halogens is 1. The van der Waals surface area contributed by atoms with Crippen LogP contribution in [0.1, 0.15) is 54.9 Å². The Kier molecular flexibility index (Phi) is 3.68. The van der Waals surface area contributed by atoms with Gasteiger partial charge in [0.2, 0.25) is 5.89 Å². The Hall–Kier alpha value is -1.75. The first-order chi connectivity index (χ1) is 11.2. The minimum atomic E-state index is -0.210. The Morgan fingerprint density at radius 3 is 3.17 bits per heavy atom. The summed E-state index contributed by atoms with van der Waals surface area (Å²) in [6.07, 6.45) is 6.18. The molecular weight excluding hydrogens is 293 g/mol. The molecule has 1 aliphatic carbocycles. The van der Waals surface area contributed by atoms with Gasteiger partial charge in [-0.25, -0.2) is 4.39 Å². The SMILES string of the molecule is Cc1ccc(F)c(Cc2noc([C@@]34CCCC[C@@H]3NCC4)n2)c1. The molecule has 2 heterocycles. The van der Waals surface area contributed by atoms with Crippen molar-refractivity contribution in [3.8, 4) is 0 Å². The molecule has 0 radical (unpaired) electrons. The molecule has 1 aliphatic heterocycles. The second-order valence-corrected chi connectivity index (χ2v) is 6.95. The normalized spacial score (nSPS) is 27.1. The lowest BCUT2D eigenvalue weighted by Gasteiger charge is -2.35. The molecule has 1 saturated heterocycles. The molecule has 4 nitrogen and oxygen atoms in total. The van der Waals surface area contributed by atoms with E-state index in [1.54, 1.807) is 6.07 Å². The maximum absolute atomic E-state index is 13.9. The molecule has 122 valence electrons. The summed E-state index contributed by atoms with van der Waals surface area (Å²) in [5.41, 5.74) is 1.66. The van der Waals surface area contributed by atoms with E-state index in [2.05, 4.69) is 15.5 Å². The van der Waals surface area contributed by atoms with Gasteiger partial charge in [-0.05, 0) is 44.4 Å². The Morgan fingerprint density at radius 1 is 1.35 bits per heavy atom. The zero-order valence-corrected chi connectivity index (χ0v) is 13.4. The predicted molar refractivity (Wildman–Crippen MR) is 84.8 cm³/mol. The lowest BCUT2D eigenvalue weighted by Crippen LogP contribution is -2.43. The van der Waals surface area contributed by atoms with Gasteiger partial charge in [0, 0.05) is 12.5 Å². The summed E-state index contributed by atoms with van der Waals surface area (Å²) in [6.45, 7) is 2.97. The number of rotatable bonds is 3. The summed E-state index contributed by atoms with van der Waals surface area (Å²) >= 11 is 0. The van der Waals surface area contributed by atoms with Crippen LogP contribution in [0.2, 0.25) is 0 Å². The van der Waals surface area contributed by atoms with Crippen LogP contribution in [0.15, 0.2) is 22.7 Å².